The second-order valence-corrected chi connectivity index (χ2v) is 14.6. The van der Waals surface area contributed by atoms with Gasteiger partial charge in [-0.15, -0.1) is 0 Å². The van der Waals surface area contributed by atoms with E-state index in [9.17, 15) is 0 Å². The summed E-state index contributed by atoms with van der Waals surface area (Å²) in [6.45, 7) is 4.82. The van der Waals surface area contributed by atoms with Gasteiger partial charge in [-0.1, -0.05) is 141 Å². The van der Waals surface area contributed by atoms with Crippen molar-refractivity contribution in [3.8, 4) is 11.1 Å². The molecule has 53 heavy (non-hydrogen) atoms. The lowest BCUT2D eigenvalue weighted by atomic mass is 9.79. The predicted octanol–water partition coefficient (Wildman–Crippen LogP) is 14.4. The Bertz CT molecular complexity index is 2760. The molecule has 2 nitrogen and oxygen atoms in total. The van der Waals surface area contributed by atoms with Gasteiger partial charge in [0.25, 0.3) is 0 Å². The number of nitrogens with zero attached hydrogens (tertiary/aromatic N) is 2. The molecule has 10 rings (SSSR count). The van der Waals surface area contributed by atoms with Crippen molar-refractivity contribution in [3.63, 3.8) is 0 Å². The summed E-state index contributed by atoms with van der Waals surface area (Å²) < 4.78 is 0. The van der Waals surface area contributed by atoms with E-state index in [1.54, 1.807) is 0 Å². The molecule has 0 saturated heterocycles. The summed E-state index contributed by atoms with van der Waals surface area (Å²) in [5, 5.41) is 7.62. The van der Waals surface area contributed by atoms with E-state index in [2.05, 4.69) is 218 Å². The van der Waals surface area contributed by atoms with Crippen LogP contribution in [0.15, 0.2) is 194 Å². The van der Waals surface area contributed by atoms with E-state index in [1.807, 2.05) is 0 Å². The monoisotopic (exact) mass is 678 g/mol. The molecule has 0 unspecified atom stereocenters. The van der Waals surface area contributed by atoms with Crippen LogP contribution in [0.2, 0.25) is 0 Å². The van der Waals surface area contributed by atoms with Crippen LogP contribution in [0.4, 0.5) is 34.1 Å². The Hall–Kier alpha value is -6.64. The molecule has 1 aliphatic rings. The zero-order valence-corrected chi connectivity index (χ0v) is 29.9. The Labute approximate surface area is 310 Å². The van der Waals surface area contributed by atoms with Crippen molar-refractivity contribution in [1.82, 2.24) is 0 Å². The lowest BCUT2D eigenvalue weighted by molar-refractivity contribution is 0.666. The molecule has 1 aliphatic carbocycles. The van der Waals surface area contributed by atoms with Crippen molar-refractivity contribution in [2.24, 2.45) is 0 Å². The van der Waals surface area contributed by atoms with E-state index in [1.165, 1.54) is 60.3 Å². The Balaban J connectivity index is 1.19. The van der Waals surface area contributed by atoms with Crippen LogP contribution >= 0.6 is 0 Å². The highest BCUT2D eigenvalue weighted by molar-refractivity contribution is 6.19. The third-order valence-corrected chi connectivity index (χ3v) is 11.1. The van der Waals surface area contributed by atoms with Crippen LogP contribution in [0.1, 0.15) is 25.0 Å². The largest absolute Gasteiger partial charge is 0.310 e. The van der Waals surface area contributed by atoms with Gasteiger partial charge in [-0.2, -0.15) is 0 Å². The van der Waals surface area contributed by atoms with Crippen LogP contribution < -0.4 is 9.80 Å². The summed E-state index contributed by atoms with van der Waals surface area (Å²) >= 11 is 0. The number of fused-ring (bicyclic) bond motifs is 9. The quantitative estimate of drug-likeness (QED) is 0.162. The van der Waals surface area contributed by atoms with Gasteiger partial charge in [0.1, 0.15) is 0 Å². The van der Waals surface area contributed by atoms with E-state index in [-0.39, 0.29) is 5.41 Å². The van der Waals surface area contributed by atoms with Crippen molar-refractivity contribution in [1.29, 1.82) is 0 Å². The average molecular weight is 679 g/mol. The number of rotatable bonds is 6. The highest BCUT2D eigenvalue weighted by Gasteiger charge is 2.39. The Morgan fingerprint density at radius 2 is 0.887 bits per heavy atom. The summed E-state index contributed by atoms with van der Waals surface area (Å²) in [7, 11) is 0. The maximum Gasteiger partial charge on any atom is 0.0540 e. The molecule has 0 aliphatic heterocycles. The molecule has 9 aromatic carbocycles. The van der Waals surface area contributed by atoms with Crippen molar-refractivity contribution in [2.75, 3.05) is 9.80 Å². The fourth-order valence-electron chi connectivity index (χ4n) is 8.80. The van der Waals surface area contributed by atoms with Gasteiger partial charge in [0.15, 0.2) is 0 Å². The summed E-state index contributed by atoms with van der Waals surface area (Å²) in [6.07, 6.45) is 0. The molecule has 0 spiro atoms. The molecule has 0 N–H and O–H groups in total. The zero-order valence-electron chi connectivity index (χ0n) is 29.9. The Morgan fingerprint density at radius 3 is 1.57 bits per heavy atom. The van der Waals surface area contributed by atoms with Crippen LogP contribution in [-0.4, -0.2) is 0 Å². The highest BCUT2D eigenvalue weighted by atomic mass is 15.1. The van der Waals surface area contributed by atoms with Crippen molar-refractivity contribution >= 4 is 66.4 Å². The van der Waals surface area contributed by atoms with Crippen LogP contribution in [0, 0.1) is 0 Å². The molecule has 9 aromatic rings. The van der Waals surface area contributed by atoms with Crippen LogP contribution in [0.5, 0.6) is 0 Å². The van der Waals surface area contributed by atoms with Crippen molar-refractivity contribution in [2.45, 2.75) is 19.3 Å². The van der Waals surface area contributed by atoms with E-state index in [4.69, 9.17) is 0 Å². The van der Waals surface area contributed by atoms with Crippen LogP contribution in [0.25, 0.3) is 43.4 Å². The number of anilines is 6. The van der Waals surface area contributed by atoms with Gasteiger partial charge in [-0.3, -0.25) is 0 Å². The lowest BCUT2D eigenvalue weighted by Crippen LogP contribution is -2.17. The molecule has 0 radical (unpaired) electrons. The molecule has 0 heterocycles. The first-order valence-electron chi connectivity index (χ1n) is 18.4. The first kappa shape index (κ1) is 31.1. The molecular formula is C51H38N2. The SMILES string of the molecule is CC1(C)c2cc(N(c3ccccc3)c3cccc4ccccc34)ccc2-c2c1c1ccc(N(c3ccccc3)c3ccccc3)cc1c1ccccc21. The minimum Gasteiger partial charge on any atom is -0.310 e. The van der Waals surface area contributed by atoms with E-state index < -0.39 is 0 Å². The molecule has 0 fully saturated rings. The molecule has 252 valence electrons. The minimum atomic E-state index is -0.246. The number of hydrogen-bond donors (Lipinski definition) is 0. The third kappa shape index (κ3) is 4.94. The van der Waals surface area contributed by atoms with Gasteiger partial charge in [-0.05, 0) is 116 Å². The lowest BCUT2D eigenvalue weighted by Gasteiger charge is -2.29. The van der Waals surface area contributed by atoms with E-state index in [0.29, 0.717) is 0 Å². The van der Waals surface area contributed by atoms with Gasteiger partial charge in [0.05, 0.1) is 5.69 Å². The van der Waals surface area contributed by atoms with Crippen molar-refractivity contribution < 1.29 is 0 Å². The molecule has 0 atom stereocenters. The van der Waals surface area contributed by atoms with E-state index >= 15 is 0 Å². The second kappa shape index (κ2) is 12.3. The van der Waals surface area contributed by atoms with Gasteiger partial charge in [0, 0.05) is 39.2 Å². The smallest absolute Gasteiger partial charge is 0.0540 e. The Morgan fingerprint density at radius 1 is 0.358 bits per heavy atom. The standard InChI is InChI=1S/C51H38N2/c1-51(2)47-34-40(53(38-23-10-5-11-24-38)48-28-16-18-35-17-12-13-25-41(35)48)30-32-45(47)49-43-27-15-14-26-42(43)46-33-39(29-31-44(46)50(49)51)52(36-19-6-3-7-20-36)37-21-8-4-9-22-37/h3-34H,1-2H3. The highest BCUT2D eigenvalue weighted by Crippen LogP contribution is 2.56. The molecule has 2 heteroatoms. The van der Waals surface area contributed by atoms with Crippen molar-refractivity contribution in [3.05, 3.63) is 205 Å². The normalized spacial score (nSPS) is 12.9. The molecular weight excluding hydrogens is 641 g/mol. The van der Waals surface area contributed by atoms with Gasteiger partial charge in [-0.25, -0.2) is 0 Å². The number of hydrogen-bond acceptors (Lipinski definition) is 2. The predicted molar refractivity (Wildman–Crippen MR) is 226 cm³/mol. The van der Waals surface area contributed by atoms with Gasteiger partial charge < -0.3 is 9.80 Å². The second-order valence-electron chi connectivity index (χ2n) is 14.6. The fraction of sp³-hybridized carbons (Fsp3) is 0.0588. The maximum atomic E-state index is 2.45. The average Bonchev–Trinajstić information content (AvgIpc) is 3.45. The van der Waals surface area contributed by atoms with Crippen LogP contribution in [-0.2, 0) is 5.41 Å². The molecule has 0 amide bonds. The third-order valence-electron chi connectivity index (χ3n) is 11.1. The fourth-order valence-corrected chi connectivity index (χ4v) is 8.80. The summed E-state index contributed by atoms with van der Waals surface area (Å²) in [4.78, 5) is 4.78. The summed E-state index contributed by atoms with van der Waals surface area (Å²) in [5.41, 5.74) is 12.1. The topological polar surface area (TPSA) is 6.48 Å². The van der Waals surface area contributed by atoms with E-state index in [0.717, 1.165) is 28.4 Å². The molecule has 0 bridgehead atoms. The summed E-state index contributed by atoms with van der Waals surface area (Å²) in [6, 6.07) is 70.6. The first-order chi connectivity index (χ1) is 26.1. The summed E-state index contributed by atoms with van der Waals surface area (Å²) in [5.74, 6) is 0. The minimum absolute atomic E-state index is 0.246. The Kier molecular flexibility index (Phi) is 7.19. The van der Waals surface area contributed by atoms with Gasteiger partial charge in [0.2, 0.25) is 0 Å². The van der Waals surface area contributed by atoms with Crippen LogP contribution in [0.3, 0.4) is 0 Å². The maximum absolute atomic E-state index is 2.45. The molecule has 0 aromatic heterocycles. The molecule has 0 saturated carbocycles. The first-order valence-corrected chi connectivity index (χ1v) is 18.4. The van der Waals surface area contributed by atoms with Gasteiger partial charge >= 0.3 is 0 Å². The zero-order chi connectivity index (χ0) is 35.5. The number of benzene rings is 9. The number of para-hydroxylation sites is 3.